The summed E-state index contributed by atoms with van der Waals surface area (Å²) in [6.45, 7) is 8.49. The Hall–Kier alpha value is -1.03. The standard InChI is InChI=1S/C23H35NOS/c1-4-23(25,22-15-11-8-12-16-22)26(24(5-2)6-3)18-17-21(19-26)20-13-9-7-10-14-20/h8,11-12,15-20,25H,4-7,9-10,13-14H2,1-3H3. The molecule has 3 rings (SSSR count). The molecule has 0 aromatic heterocycles. The van der Waals surface area contributed by atoms with E-state index in [1.807, 2.05) is 6.07 Å². The van der Waals surface area contributed by atoms with Crippen molar-refractivity contribution in [2.24, 2.45) is 5.92 Å². The van der Waals surface area contributed by atoms with Crippen LogP contribution in [-0.2, 0) is 4.93 Å². The summed E-state index contributed by atoms with van der Waals surface area (Å²) in [4.78, 5) is -0.840. The molecule has 1 aromatic carbocycles. The molecule has 1 aromatic rings. The van der Waals surface area contributed by atoms with Crippen molar-refractivity contribution in [3.63, 3.8) is 0 Å². The third-order valence-electron chi connectivity index (χ3n) is 6.24. The molecule has 1 fully saturated rings. The maximum atomic E-state index is 12.1. The lowest BCUT2D eigenvalue weighted by Gasteiger charge is -2.53. The van der Waals surface area contributed by atoms with Gasteiger partial charge in [0, 0.05) is 13.1 Å². The quantitative estimate of drug-likeness (QED) is 0.606. The first-order valence-corrected chi connectivity index (χ1v) is 12.1. The molecular formula is C23H35NOS. The molecule has 0 radical (unpaired) electrons. The normalized spacial score (nSPS) is 28.6. The SMILES string of the molecule is CCN(CC)S1(C(O)(CC)c2ccccc2)C=CC(C2CCCCC2)=C1. The lowest BCUT2D eigenvalue weighted by atomic mass is 9.84. The van der Waals surface area contributed by atoms with Gasteiger partial charge in [-0.25, -0.2) is 0 Å². The molecule has 2 aliphatic rings. The predicted octanol–water partition coefficient (Wildman–Crippen LogP) is 6.29. The summed E-state index contributed by atoms with van der Waals surface area (Å²) in [5.41, 5.74) is 2.53. The summed E-state index contributed by atoms with van der Waals surface area (Å²) in [7, 11) is -1.60. The van der Waals surface area contributed by atoms with E-state index in [1.54, 1.807) is 0 Å². The topological polar surface area (TPSA) is 23.5 Å². The highest BCUT2D eigenvalue weighted by molar-refractivity contribution is 8.37. The molecule has 1 aliphatic heterocycles. The monoisotopic (exact) mass is 373 g/mol. The van der Waals surface area contributed by atoms with Crippen molar-refractivity contribution in [1.82, 2.24) is 4.31 Å². The molecule has 1 N–H and O–H groups in total. The summed E-state index contributed by atoms with van der Waals surface area (Å²) < 4.78 is 2.51. The number of allylic oxidation sites excluding steroid dienone is 2. The van der Waals surface area contributed by atoms with Crippen LogP contribution in [0.5, 0.6) is 0 Å². The maximum Gasteiger partial charge on any atom is 0.138 e. The minimum atomic E-state index is -1.60. The van der Waals surface area contributed by atoms with E-state index in [1.165, 1.54) is 37.7 Å². The minimum Gasteiger partial charge on any atom is -0.375 e. The van der Waals surface area contributed by atoms with Crippen molar-refractivity contribution in [3.05, 3.63) is 58.4 Å². The van der Waals surface area contributed by atoms with E-state index < -0.39 is 15.1 Å². The molecule has 1 saturated carbocycles. The number of hydrogen-bond acceptors (Lipinski definition) is 2. The fraction of sp³-hybridized carbons (Fsp3) is 0.565. The second kappa shape index (κ2) is 8.33. The largest absolute Gasteiger partial charge is 0.375 e. The Bertz CT molecular complexity index is 645. The first kappa shape index (κ1) is 19.7. The zero-order valence-electron chi connectivity index (χ0n) is 16.7. The zero-order chi connectivity index (χ0) is 18.6. The van der Waals surface area contributed by atoms with Crippen molar-refractivity contribution in [2.45, 2.75) is 64.2 Å². The maximum absolute atomic E-state index is 12.1. The summed E-state index contributed by atoms with van der Waals surface area (Å²) in [6.07, 6.45) is 9.76. The first-order valence-electron chi connectivity index (χ1n) is 10.4. The Balaban J connectivity index is 2.08. The van der Waals surface area contributed by atoms with Crippen LogP contribution in [0.25, 0.3) is 0 Å². The van der Waals surface area contributed by atoms with E-state index in [2.05, 4.69) is 66.2 Å². The van der Waals surface area contributed by atoms with Crippen molar-refractivity contribution in [2.75, 3.05) is 13.1 Å². The summed E-state index contributed by atoms with van der Waals surface area (Å²) >= 11 is 0. The Kier molecular flexibility index (Phi) is 6.32. The van der Waals surface area contributed by atoms with Gasteiger partial charge in [0.1, 0.15) is 4.93 Å². The predicted molar refractivity (Wildman–Crippen MR) is 115 cm³/mol. The average Bonchev–Trinajstić information content (AvgIpc) is 3.16. The van der Waals surface area contributed by atoms with Crippen molar-refractivity contribution in [3.8, 4) is 0 Å². The van der Waals surface area contributed by atoms with Crippen molar-refractivity contribution in [1.29, 1.82) is 0 Å². The number of rotatable bonds is 7. The van der Waals surface area contributed by atoms with Gasteiger partial charge in [-0.1, -0.05) is 76.4 Å². The Morgan fingerprint density at radius 3 is 2.27 bits per heavy atom. The van der Waals surface area contributed by atoms with E-state index in [4.69, 9.17) is 0 Å². The second-order valence-electron chi connectivity index (χ2n) is 7.55. The average molecular weight is 374 g/mol. The van der Waals surface area contributed by atoms with Crippen LogP contribution >= 0.6 is 10.2 Å². The minimum absolute atomic E-state index is 0.682. The molecule has 0 amide bonds. The molecule has 2 atom stereocenters. The highest BCUT2D eigenvalue weighted by atomic mass is 32.3. The van der Waals surface area contributed by atoms with Crippen LogP contribution in [0, 0.1) is 5.92 Å². The highest BCUT2D eigenvalue weighted by Crippen LogP contribution is 2.71. The Morgan fingerprint density at radius 2 is 1.69 bits per heavy atom. The highest BCUT2D eigenvalue weighted by Gasteiger charge is 2.48. The lowest BCUT2D eigenvalue weighted by molar-refractivity contribution is 0.123. The Morgan fingerprint density at radius 1 is 1.04 bits per heavy atom. The first-order chi connectivity index (χ1) is 12.6. The van der Waals surface area contributed by atoms with Gasteiger partial charge in [-0.05, 0) is 47.1 Å². The number of nitrogens with zero attached hydrogens (tertiary/aromatic N) is 1. The molecule has 3 heteroatoms. The van der Waals surface area contributed by atoms with Crippen LogP contribution in [0.15, 0.2) is 52.8 Å². The van der Waals surface area contributed by atoms with Gasteiger partial charge in [-0.15, -0.1) is 10.2 Å². The fourth-order valence-electron chi connectivity index (χ4n) is 4.69. The molecule has 0 bridgehead atoms. The van der Waals surface area contributed by atoms with Crippen LogP contribution in [0.3, 0.4) is 0 Å². The number of hydrogen-bond donors (Lipinski definition) is 1. The number of aliphatic hydroxyl groups is 1. The smallest absolute Gasteiger partial charge is 0.138 e. The molecule has 144 valence electrons. The van der Waals surface area contributed by atoms with Gasteiger partial charge >= 0.3 is 0 Å². The van der Waals surface area contributed by atoms with E-state index in [0.717, 1.165) is 25.1 Å². The molecule has 0 spiro atoms. The van der Waals surface area contributed by atoms with Gasteiger partial charge in [-0.2, -0.15) is 0 Å². The third kappa shape index (κ3) is 3.30. The summed E-state index contributed by atoms with van der Waals surface area (Å²) in [5, 5.41) is 17.0. The van der Waals surface area contributed by atoms with Gasteiger partial charge in [0.05, 0.1) is 0 Å². The van der Waals surface area contributed by atoms with Crippen LogP contribution in [0.1, 0.15) is 64.9 Å². The van der Waals surface area contributed by atoms with Crippen LogP contribution in [0.2, 0.25) is 0 Å². The number of benzene rings is 1. The van der Waals surface area contributed by atoms with Crippen LogP contribution in [-0.4, -0.2) is 22.5 Å². The third-order valence-corrected chi connectivity index (χ3v) is 10.4. The van der Waals surface area contributed by atoms with Gasteiger partial charge in [-0.3, -0.25) is 4.31 Å². The zero-order valence-corrected chi connectivity index (χ0v) is 17.5. The van der Waals surface area contributed by atoms with E-state index in [-0.39, 0.29) is 0 Å². The fourth-order valence-corrected chi connectivity index (χ4v) is 8.82. The van der Waals surface area contributed by atoms with E-state index >= 15 is 0 Å². The lowest BCUT2D eigenvalue weighted by Crippen LogP contribution is -2.40. The molecule has 2 unspecified atom stereocenters. The van der Waals surface area contributed by atoms with Crippen LogP contribution < -0.4 is 0 Å². The molecular weight excluding hydrogens is 338 g/mol. The second-order valence-corrected chi connectivity index (χ2v) is 10.6. The van der Waals surface area contributed by atoms with Gasteiger partial charge in [0.25, 0.3) is 0 Å². The van der Waals surface area contributed by atoms with Crippen molar-refractivity contribution < 1.29 is 5.11 Å². The van der Waals surface area contributed by atoms with E-state index in [0.29, 0.717) is 5.92 Å². The Labute approximate surface area is 161 Å². The molecule has 2 nitrogen and oxygen atoms in total. The summed E-state index contributed by atoms with van der Waals surface area (Å²) in [6, 6.07) is 10.3. The van der Waals surface area contributed by atoms with Gasteiger partial charge in [0.15, 0.2) is 0 Å². The van der Waals surface area contributed by atoms with Crippen LogP contribution in [0.4, 0.5) is 0 Å². The molecule has 1 heterocycles. The molecule has 1 aliphatic carbocycles. The molecule has 26 heavy (non-hydrogen) atoms. The molecule has 0 saturated heterocycles. The van der Waals surface area contributed by atoms with Crippen molar-refractivity contribution >= 4 is 10.2 Å². The van der Waals surface area contributed by atoms with Gasteiger partial charge in [0.2, 0.25) is 0 Å². The van der Waals surface area contributed by atoms with Gasteiger partial charge < -0.3 is 5.11 Å². The summed E-state index contributed by atoms with van der Waals surface area (Å²) in [5.74, 6) is 0.682. The van der Waals surface area contributed by atoms with E-state index in [9.17, 15) is 5.11 Å².